The summed E-state index contributed by atoms with van der Waals surface area (Å²) in [4.78, 5) is 18.1. The van der Waals surface area contributed by atoms with E-state index in [0.29, 0.717) is 6.54 Å². The molecule has 0 saturated carbocycles. The number of rotatable bonds is 6. The third kappa shape index (κ3) is 3.38. The Hall–Kier alpha value is -2.22. The molecule has 0 aliphatic rings. The Morgan fingerprint density at radius 2 is 2.18 bits per heavy atom. The van der Waals surface area contributed by atoms with Gasteiger partial charge in [-0.2, -0.15) is 0 Å². The first-order chi connectivity index (χ1) is 8.06. The Labute approximate surface area is 98.5 Å². The molecule has 0 amide bonds. The molecule has 17 heavy (non-hydrogen) atoms. The summed E-state index contributed by atoms with van der Waals surface area (Å²) in [5.74, 6) is 0.302. The number of nitrogens with zero attached hydrogens (tertiary/aromatic N) is 4. The Bertz CT molecular complexity index is 420. The van der Waals surface area contributed by atoms with Gasteiger partial charge in [0.2, 0.25) is 11.6 Å². The zero-order valence-corrected chi connectivity index (χ0v) is 9.67. The topological polar surface area (TPSA) is 96.2 Å². The second-order valence-corrected chi connectivity index (χ2v) is 3.35. The van der Waals surface area contributed by atoms with Crippen LogP contribution in [0.4, 0.5) is 17.3 Å². The van der Waals surface area contributed by atoms with Crippen LogP contribution in [-0.2, 0) is 0 Å². The van der Waals surface area contributed by atoms with Gasteiger partial charge in [-0.05, 0) is 0 Å². The normalized spacial score (nSPS) is 10.1. The van der Waals surface area contributed by atoms with Gasteiger partial charge >= 0.3 is 5.69 Å². The number of hydrogen-bond donors (Lipinski definition) is 2. The average Bonchev–Trinajstić information content (AvgIpc) is 2.25. The second kappa shape index (κ2) is 5.75. The first-order valence-corrected chi connectivity index (χ1v) is 4.84. The molecule has 2 N–H and O–H groups in total. The van der Waals surface area contributed by atoms with Crippen LogP contribution in [0, 0.1) is 10.1 Å². The predicted molar refractivity (Wildman–Crippen MR) is 64.7 cm³/mol. The summed E-state index contributed by atoms with van der Waals surface area (Å²) >= 11 is 0. The van der Waals surface area contributed by atoms with Crippen LogP contribution in [-0.4, -0.2) is 40.5 Å². The van der Waals surface area contributed by atoms with E-state index in [1.165, 1.54) is 6.33 Å². The summed E-state index contributed by atoms with van der Waals surface area (Å²) in [7, 11) is 3.42. The maximum absolute atomic E-state index is 11.0. The lowest BCUT2D eigenvalue weighted by Crippen LogP contribution is -2.22. The average molecular weight is 238 g/mol. The summed E-state index contributed by atoms with van der Waals surface area (Å²) < 4.78 is 0. The molecule has 1 heterocycles. The maximum atomic E-state index is 11.0. The molecule has 1 aromatic rings. The van der Waals surface area contributed by atoms with Crippen LogP contribution in [0.2, 0.25) is 0 Å². The third-order valence-electron chi connectivity index (χ3n) is 1.75. The smallest absolute Gasteiger partial charge is 0.354 e. The summed E-state index contributed by atoms with van der Waals surface area (Å²) in [6.07, 6.45) is 2.84. The van der Waals surface area contributed by atoms with Crippen molar-refractivity contribution in [2.75, 3.05) is 31.4 Å². The van der Waals surface area contributed by atoms with Crippen molar-refractivity contribution in [2.45, 2.75) is 0 Å². The van der Waals surface area contributed by atoms with Gasteiger partial charge in [0.1, 0.15) is 6.33 Å². The third-order valence-corrected chi connectivity index (χ3v) is 1.75. The minimum atomic E-state index is -0.531. The highest BCUT2D eigenvalue weighted by molar-refractivity contribution is 5.68. The number of aromatic nitrogens is 2. The SMILES string of the molecule is C=CCNc1ncnc(NN(C)C)c1[N+](=O)[O-]. The molecule has 92 valence electrons. The van der Waals surface area contributed by atoms with E-state index < -0.39 is 4.92 Å². The Morgan fingerprint density at radius 1 is 1.53 bits per heavy atom. The summed E-state index contributed by atoms with van der Waals surface area (Å²) in [5.41, 5.74) is 2.55. The highest BCUT2D eigenvalue weighted by atomic mass is 16.6. The lowest BCUT2D eigenvalue weighted by atomic mass is 10.4. The lowest BCUT2D eigenvalue weighted by molar-refractivity contribution is -0.383. The van der Waals surface area contributed by atoms with Crippen molar-refractivity contribution >= 4 is 17.3 Å². The predicted octanol–water partition coefficient (Wildman–Crippen LogP) is 0.871. The van der Waals surface area contributed by atoms with Crippen molar-refractivity contribution < 1.29 is 4.92 Å². The minimum absolute atomic E-state index is 0.140. The summed E-state index contributed by atoms with van der Waals surface area (Å²) in [6.45, 7) is 3.91. The zero-order chi connectivity index (χ0) is 12.8. The van der Waals surface area contributed by atoms with Gasteiger partial charge in [0, 0.05) is 20.6 Å². The number of nitrogens with one attached hydrogen (secondary N) is 2. The first kappa shape index (κ1) is 12.8. The quantitative estimate of drug-likeness (QED) is 0.431. The van der Waals surface area contributed by atoms with Gasteiger partial charge < -0.3 is 5.32 Å². The molecular weight excluding hydrogens is 224 g/mol. The van der Waals surface area contributed by atoms with Crippen LogP contribution in [0.15, 0.2) is 19.0 Å². The fourth-order valence-corrected chi connectivity index (χ4v) is 1.14. The fraction of sp³-hybridized carbons (Fsp3) is 0.333. The number of anilines is 2. The van der Waals surface area contributed by atoms with E-state index in [0.717, 1.165) is 0 Å². The van der Waals surface area contributed by atoms with Crippen LogP contribution in [0.1, 0.15) is 0 Å². The molecule has 0 saturated heterocycles. The van der Waals surface area contributed by atoms with Gasteiger partial charge in [0.25, 0.3) is 0 Å². The number of hydrazine groups is 1. The highest BCUT2D eigenvalue weighted by Gasteiger charge is 2.22. The molecule has 0 spiro atoms. The number of nitro groups is 1. The molecule has 0 radical (unpaired) electrons. The molecular formula is C9H14N6O2. The summed E-state index contributed by atoms with van der Waals surface area (Å²) in [6, 6.07) is 0. The molecule has 0 unspecified atom stereocenters. The van der Waals surface area contributed by atoms with Gasteiger partial charge in [-0.25, -0.2) is 15.0 Å². The van der Waals surface area contributed by atoms with Crippen molar-refractivity contribution in [3.63, 3.8) is 0 Å². The van der Waals surface area contributed by atoms with Gasteiger partial charge in [-0.3, -0.25) is 15.5 Å². The van der Waals surface area contributed by atoms with Crippen LogP contribution in [0.5, 0.6) is 0 Å². The molecule has 0 aliphatic heterocycles. The zero-order valence-electron chi connectivity index (χ0n) is 9.67. The molecule has 0 fully saturated rings. The lowest BCUT2D eigenvalue weighted by Gasteiger charge is -2.13. The van der Waals surface area contributed by atoms with E-state index in [2.05, 4.69) is 27.3 Å². The van der Waals surface area contributed by atoms with Crippen molar-refractivity contribution in [2.24, 2.45) is 0 Å². The molecule has 8 heteroatoms. The van der Waals surface area contributed by atoms with Gasteiger partial charge in [-0.15, -0.1) is 6.58 Å². The van der Waals surface area contributed by atoms with Crippen molar-refractivity contribution in [3.8, 4) is 0 Å². The molecule has 8 nitrogen and oxygen atoms in total. The Kier molecular flexibility index (Phi) is 4.35. The monoisotopic (exact) mass is 238 g/mol. The molecule has 0 aliphatic carbocycles. The van der Waals surface area contributed by atoms with Crippen molar-refractivity contribution in [3.05, 3.63) is 29.1 Å². The van der Waals surface area contributed by atoms with Gasteiger partial charge in [-0.1, -0.05) is 6.08 Å². The van der Waals surface area contributed by atoms with Crippen LogP contribution in [0.3, 0.4) is 0 Å². The van der Waals surface area contributed by atoms with E-state index >= 15 is 0 Å². The van der Waals surface area contributed by atoms with Gasteiger partial charge in [0.05, 0.1) is 4.92 Å². The highest BCUT2D eigenvalue weighted by Crippen LogP contribution is 2.28. The van der Waals surface area contributed by atoms with Gasteiger partial charge in [0.15, 0.2) is 0 Å². The Balaban J connectivity index is 3.12. The molecule has 0 aromatic carbocycles. The van der Waals surface area contributed by atoms with E-state index in [4.69, 9.17) is 0 Å². The van der Waals surface area contributed by atoms with Crippen LogP contribution >= 0.6 is 0 Å². The van der Waals surface area contributed by atoms with Crippen LogP contribution < -0.4 is 10.7 Å². The van der Waals surface area contributed by atoms with E-state index in [1.54, 1.807) is 25.2 Å². The van der Waals surface area contributed by atoms with Crippen molar-refractivity contribution in [1.29, 1.82) is 0 Å². The molecule has 0 atom stereocenters. The van der Waals surface area contributed by atoms with Crippen molar-refractivity contribution in [1.82, 2.24) is 15.0 Å². The first-order valence-electron chi connectivity index (χ1n) is 4.84. The second-order valence-electron chi connectivity index (χ2n) is 3.35. The van der Waals surface area contributed by atoms with E-state index in [9.17, 15) is 10.1 Å². The maximum Gasteiger partial charge on any atom is 0.354 e. The molecule has 0 bridgehead atoms. The van der Waals surface area contributed by atoms with E-state index in [1.807, 2.05) is 0 Å². The molecule has 1 rings (SSSR count). The standard InChI is InChI=1S/C9H14N6O2/c1-4-5-10-8-7(15(16)17)9(12-6-11-8)13-14(2)3/h4,6H,1,5H2,2-3H3,(H2,10,11,12,13). The largest absolute Gasteiger partial charge is 0.361 e. The fourth-order valence-electron chi connectivity index (χ4n) is 1.14. The summed E-state index contributed by atoms with van der Waals surface area (Å²) in [5, 5.41) is 15.3. The van der Waals surface area contributed by atoms with Crippen LogP contribution in [0.25, 0.3) is 0 Å². The molecule has 1 aromatic heterocycles. The minimum Gasteiger partial charge on any atom is -0.361 e. The van der Waals surface area contributed by atoms with E-state index in [-0.39, 0.29) is 17.3 Å². The Morgan fingerprint density at radius 3 is 2.71 bits per heavy atom. The number of hydrogen-bond acceptors (Lipinski definition) is 7.